The van der Waals surface area contributed by atoms with Gasteiger partial charge in [-0.05, 0) is 19.1 Å². The SMILES string of the molecule is Cc1cc(=O)n2nc(CSc3nnc(-c4ccco4)n3C)sc2n1. The van der Waals surface area contributed by atoms with Gasteiger partial charge in [0.05, 0.1) is 12.0 Å². The molecule has 4 rings (SSSR count). The fourth-order valence-corrected chi connectivity index (χ4v) is 4.05. The number of nitrogens with zero attached hydrogens (tertiary/aromatic N) is 6. The van der Waals surface area contributed by atoms with E-state index in [2.05, 4.69) is 20.3 Å². The van der Waals surface area contributed by atoms with E-state index in [1.54, 1.807) is 13.2 Å². The van der Waals surface area contributed by atoms with E-state index in [4.69, 9.17) is 4.42 Å². The third kappa shape index (κ3) is 2.63. The Bertz CT molecular complexity index is 1060. The highest BCUT2D eigenvalue weighted by Gasteiger charge is 2.15. The van der Waals surface area contributed by atoms with Crippen molar-refractivity contribution in [1.82, 2.24) is 29.4 Å². The first-order valence-corrected chi connectivity index (χ1v) is 8.84. The lowest BCUT2D eigenvalue weighted by Gasteiger charge is -2.00. The van der Waals surface area contributed by atoms with Gasteiger partial charge in [0, 0.05) is 18.8 Å². The molecule has 0 atom stereocenters. The van der Waals surface area contributed by atoms with Crippen LogP contribution < -0.4 is 5.56 Å². The van der Waals surface area contributed by atoms with Crippen LogP contribution in [0.3, 0.4) is 0 Å². The summed E-state index contributed by atoms with van der Waals surface area (Å²) in [6.45, 7) is 1.80. The van der Waals surface area contributed by atoms with Crippen LogP contribution in [0, 0.1) is 6.92 Å². The lowest BCUT2D eigenvalue weighted by molar-refractivity contribution is 0.572. The molecule has 0 saturated carbocycles. The van der Waals surface area contributed by atoms with Crippen LogP contribution >= 0.6 is 23.1 Å². The Morgan fingerprint density at radius 3 is 3.04 bits per heavy atom. The summed E-state index contributed by atoms with van der Waals surface area (Å²) in [7, 11) is 1.88. The molecular weight excluding hydrogens is 348 g/mol. The summed E-state index contributed by atoms with van der Waals surface area (Å²) < 4.78 is 8.55. The number of furan rings is 1. The quantitative estimate of drug-likeness (QED) is 0.515. The largest absolute Gasteiger partial charge is 0.461 e. The van der Waals surface area contributed by atoms with Crippen molar-refractivity contribution in [3.63, 3.8) is 0 Å². The molecule has 0 aromatic carbocycles. The fraction of sp³-hybridized carbons (Fsp3) is 0.214. The molecule has 0 spiro atoms. The van der Waals surface area contributed by atoms with Crippen molar-refractivity contribution in [2.75, 3.05) is 0 Å². The number of aromatic nitrogens is 6. The minimum atomic E-state index is -0.163. The van der Waals surface area contributed by atoms with Gasteiger partial charge in [0.25, 0.3) is 5.56 Å². The van der Waals surface area contributed by atoms with Crippen LogP contribution in [0.15, 0.2) is 38.8 Å². The Kier molecular flexibility index (Phi) is 3.69. The molecule has 0 aliphatic rings. The molecule has 0 aliphatic carbocycles. The molecule has 4 aromatic rings. The van der Waals surface area contributed by atoms with Crippen LogP contribution in [-0.4, -0.2) is 29.4 Å². The molecule has 0 saturated heterocycles. The smallest absolute Gasteiger partial charge is 0.275 e. The number of hydrogen-bond donors (Lipinski definition) is 0. The topological polar surface area (TPSA) is 91.1 Å². The van der Waals surface area contributed by atoms with Crippen molar-refractivity contribution in [2.24, 2.45) is 7.05 Å². The van der Waals surface area contributed by atoms with E-state index >= 15 is 0 Å². The van der Waals surface area contributed by atoms with E-state index in [1.165, 1.54) is 33.7 Å². The number of aryl methyl sites for hydroxylation is 1. The molecule has 24 heavy (non-hydrogen) atoms. The summed E-state index contributed by atoms with van der Waals surface area (Å²) >= 11 is 2.90. The standard InChI is InChI=1S/C14H12N6O2S2/c1-8-6-11(21)20-13(15-8)24-10(18-20)7-23-14-17-16-12(19(14)2)9-4-3-5-22-9/h3-6H,7H2,1-2H3. The summed E-state index contributed by atoms with van der Waals surface area (Å²) in [5.74, 6) is 1.92. The lowest BCUT2D eigenvalue weighted by atomic mass is 10.4. The van der Waals surface area contributed by atoms with Gasteiger partial charge in [-0.1, -0.05) is 23.1 Å². The van der Waals surface area contributed by atoms with Crippen LogP contribution in [0.5, 0.6) is 0 Å². The Labute approximate surface area is 144 Å². The molecule has 0 radical (unpaired) electrons. The van der Waals surface area contributed by atoms with Crippen molar-refractivity contribution in [3.8, 4) is 11.6 Å². The van der Waals surface area contributed by atoms with E-state index in [-0.39, 0.29) is 5.56 Å². The zero-order valence-electron chi connectivity index (χ0n) is 12.8. The van der Waals surface area contributed by atoms with Crippen molar-refractivity contribution >= 4 is 28.1 Å². The Morgan fingerprint density at radius 2 is 2.25 bits per heavy atom. The second-order valence-electron chi connectivity index (χ2n) is 5.06. The van der Waals surface area contributed by atoms with Crippen molar-refractivity contribution in [1.29, 1.82) is 0 Å². The first kappa shape index (κ1) is 15.1. The molecule has 0 aliphatic heterocycles. The average Bonchev–Trinajstić information content (AvgIpc) is 3.24. The predicted octanol–water partition coefficient (Wildman–Crippen LogP) is 2.14. The van der Waals surface area contributed by atoms with E-state index in [1.807, 2.05) is 23.7 Å². The van der Waals surface area contributed by atoms with Gasteiger partial charge in [0.15, 0.2) is 16.7 Å². The third-order valence-corrected chi connectivity index (χ3v) is 5.44. The van der Waals surface area contributed by atoms with Crippen LogP contribution in [0.1, 0.15) is 10.7 Å². The van der Waals surface area contributed by atoms with E-state index in [0.717, 1.165) is 10.2 Å². The summed E-state index contributed by atoms with van der Waals surface area (Å²) in [6.07, 6.45) is 1.60. The molecule has 0 bridgehead atoms. The van der Waals surface area contributed by atoms with Gasteiger partial charge in [-0.15, -0.1) is 10.2 Å². The Hall–Kier alpha value is -2.46. The third-order valence-electron chi connectivity index (χ3n) is 3.32. The molecule has 122 valence electrons. The number of rotatable bonds is 4. The first-order chi connectivity index (χ1) is 11.6. The van der Waals surface area contributed by atoms with E-state index < -0.39 is 0 Å². The number of thioether (sulfide) groups is 1. The van der Waals surface area contributed by atoms with E-state index in [0.29, 0.717) is 28.0 Å². The molecule has 0 N–H and O–H groups in total. The predicted molar refractivity (Wildman–Crippen MR) is 90.1 cm³/mol. The fourth-order valence-electron chi connectivity index (χ4n) is 2.21. The molecule has 4 aromatic heterocycles. The average molecular weight is 360 g/mol. The van der Waals surface area contributed by atoms with Crippen LogP contribution in [0.2, 0.25) is 0 Å². The van der Waals surface area contributed by atoms with Crippen LogP contribution in [0.25, 0.3) is 16.5 Å². The van der Waals surface area contributed by atoms with Gasteiger partial charge >= 0.3 is 0 Å². The first-order valence-electron chi connectivity index (χ1n) is 7.04. The molecule has 8 nitrogen and oxygen atoms in total. The minimum Gasteiger partial charge on any atom is -0.461 e. The molecule has 4 heterocycles. The highest BCUT2D eigenvalue weighted by atomic mass is 32.2. The van der Waals surface area contributed by atoms with Crippen molar-refractivity contribution in [2.45, 2.75) is 17.8 Å². The maximum Gasteiger partial charge on any atom is 0.275 e. The highest BCUT2D eigenvalue weighted by molar-refractivity contribution is 7.98. The summed E-state index contributed by atoms with van der Waals surface area (Å²) in [6, 6.07) is 5.12. The van der Waals surface area contributed by atoms with E-state index in [9.17, 15) is 4.79 Å². The second kappa shape index (κ2) is 5.87. The normalized spacial score (nSPS) is 11.4. The molecule has 0 unspecified atom stereocenters. The minimum absolute atomic E-state index is 0.163. The van der Waals surface area contributed by atoms with Gasteiger partial charge in [-0.25, -0.2) is 4.98 Å². The molecule has 0 fully saturated rings. The zero-order chi connectivity index (χ0) is 16.7. The van der Waals surface area contributed by atoms with Gasteiger partial charge in [0.1, 0.15) is 5.01 Å². The molecule has 10 heteroatoms. The zero-order valence-corrected chi connectivity index (χ0v) is 14.5. The summed E-state index contributed by atoms with van der Waals surface area (Å²) in [5, 5.41) is 14.2. The lowest BCUT2D eigenvalue weighted by Crippen LogP contribution is -2.14. The number of fused-ring (bicyclic) bond motifs is 1. The second-order valence-corrected chi connectivity index (χ2v) is 7.04. The maximum absolute atomic E-state index is 11.9. The number of hydrogen-bond acceptors (Lipinski definition) is 8. The van der Waals surface area contributed by atoms with Crippen molar-refractivity contribution < 1.29 is 4.42 Å². The Balaban J connectivity index is 1.57. The highest BCUT2D eigenvalue weighted by Crippen LogP contribution is 2.26. The van der Waals surface area contributed by atoms with Crippen LogP contribution in [0.4, 0.5) is 0 Å². The van der Waals surface area contributed by atoms with Gasteiger partial charge in [-0.3, -0.25) is 4.79 Å². The summed E-state index contributed by atoms with van der Waals surface area (Å²) in [4.78, 5) is 16.8. The monoisotopic (exact) mass is 360 g/mol. The van der Waals surface area contributed by atoms with Crippen LogP contribution in [-0.2, 0) is 12.8 Å². The maximum atomic E-state index is 11.9. The van der Waals surface area contributed by atoms with Gasteiger partial charge in [0.2, 0.25) is 4.96 Å². The summed E-state index contributed by atoms with van der Waals surface area (Å²) in [5.41, 5.74) is 0.531. The van der Waals surface area contributed by atoms with Crippen molar-refractivity contribution in [3.05, 3.63) is 45.5 Å². The van der Waals surface area contributed by atoms with Gasteiger partial charge in [-0.2, -0.15) is 9.61 Å². The van der Waals surface area contributed by atoms with Gasteiger partial charge < -0.3 is 8.98 Å². The Morgan fingerprint density at radius 1 is 1.38 bits per heavy atom. The molecular formula is C14H12N6O2S2. The molecule has 0 amide bonds.